The lowest BCUT2D eigenvalue weighted by Gasteiger charge is -2.29. The number of benzene rings is 2. The van der Waals surface area contributed by atoms with Crippen LogP contribution in [0.3, 0.4) is 0 Å². The summed E-state index contributed by atoms with van der Waals surface area (Å²) in [5, 5.41) is 0.835. The number of halogens is 1. The highest BCUT2D eigenvalue weighted by Crippen LogP contribution is 2.34. The van der Waals surface area contributed by atoms with Crippen LogP contribution in [0.4, 0.5) is 4.39 Å². The van der Waals surface area contributed by atoms with E-state index in [0.717, 1.165) is 48.8 Å². The number of fused-ring (bicyclic) bond motifs is 1. The molecule has 180 valence electrons. The highest BCUT2D eigenvalue weighted by molar-refractivity contribution is 5.85. The third-order valence-corrected chi connectivity index (χ3v) is 6.68. The van der Waals surface area contributed by atoms with Gasteiger partial charge in [-0.15, -0.1) is 0 Å². The third kappa shape index (κ3) is 5.22. The Labute approximate surface area is 200 Å². The molecule has 2 aromatic carbocycles. The summed E-state index contributed by atoms with van der Waals surface area (Å²) in [6.07, 6.45) is 3.63. The number of nitrogens with zero attached hydrogens (tertiary/aromatic N) is 2. The molecule has 0 bridgehead atoms. The fraction of sp³-hybridized carbons (Fsp3) is 0.429. The summed E-state index contributed by atoms with van der Waals surface area (Å²) in [7, 11) is 1.62. The zero-order chi connectivity index (χ0) is 24.1. The standard InChI is InChI=1S/C28H33FN2O3/c1-4-19(5-2)28(32)31(18-23-9-8-14-34-23)17-21-15-20-12-13-22(29)16-25(20)30-27(21)24-10-6-7-11-26(24)33-3/h6-7,10-13,15-16,19,23H,4-5,8-9,14,17-18H2,1-3H3/t23-/m0/s1. The van der Waals surface area contributed by atoms with Crippen LogP contribution in [0.15, 0.2) is 48.5 Å². The molecule has 34 heavy (non-hydrogen) atoms. The summed E-state index contributed by atoms with van der Waals surface area (Å²) in [4.78, 5) is 20.3. The molecule has 1 saturated heterocycles. The molecule has 0 saturated carbocycles. The molecule has 1 aliphatic rings. The second-order valence-corrected chi connectivity index (χ2v) is 8.90. The van der Waals surface area contributed by atoms with Gasteiger partial charge in [0.15, 0.2) is 0 Å². The van der Waals surface area contributed by atoms with E-state index in [0.29, 0.717) is 30.0 Å². The fourth-order valence-corrected chi connectivity index (χ4v) is 4.75. The first kappa shape index (κ1) is 24.1. The maximum Gasteiger partial charge on any atom is 0.226 e. The Morgan fingerprint density at radius 2 is 2.00 bits per heavy atom. The summed E-state index contributed by atoms with van der Waals surface area (Å²) in [5.41, 5.74) is 2.99. The number of pyridine rings is 1. The molecule has 5 nitrogen and oxygen atoms in total. The van der Waals surface area contributed by atoms with Crippen molar-refractivity contribution in [1.29, 1.82) is 0 Å². The minimum absolute atomic E-state index is 0.0291. The predicted octanol–water partition coefficient (Wildman–Crippen LogP) is 5.99. The molecule has 1 atom stereocenters. The highest BCUT2D eigenvalue weighted by atomic mass is 19.1. The number of para-hydroxylation sites is 1. The van der Waals surface area contributed by atoms with Crippen molar-refractivity contribution in [2.24, 2.45) is 5.92 Å². The Kier molecular flexibility index (Phi) is 7.78. The van der Waals surface area contributed by atoms with E-state index in [9.17, 15) is 9.18 Å². The number of amides is 1. The molecular weight excluding hydrogens is 431 g/mol. The van der Waals surface area contributed by atoms with Crippen molar-refractivity contribution in [3.05, 3.63) is 59.9 Å². The van der Waals surface area contributed by atoms with Crippen molar-refractivity contribution in [2.45, 2.75) is 52.2 Å². The lowest BCUT2D eigenvalue weighted by Crippen LogP contribution is -2.40. The number of methoxy groups -OCH3 is 1. The van der Waals surface area contributed by atoms with Crippen molar-refractivity contribution in [3.63, 3.8) is 0 Å². The van der Waals surface area contributed by atoms with Crippen molar-refractivity contribution in [3.8, 4) is 17.0 Å². The zero-order valence-electron chi connectivity index (χ0n) is 20.2. The summed E-state index contributed by atoms with van der Waals surface area (Å²) in [5.74, 6) is 0.468. The van der Waals surface area contributed by atoms with Crippen LogP contribution in [0.2, 0.25) is 0 Å². The van der Waals surface area contributed by atoms with Gasteiger partial charge in [0, 0.05) is 42.6 Å². The Bertz CT molecular complexity index is 1140. The van der Waals surface area contributed by atoms with Gasteiger partial charge in [-0.2, -0.15) is 0 Å². The van der Waals surface area contributed by atoms with E-state index in [4.69, 9.17) is 14.5 Å². The van der Waals surface area contributed by atoms with E-state index >= 15 is 0 Å². The van der Waals surface area contributed by atoms with Gasteiger partial charge in [0.1, 0.15) is 11.6 Å². The average molecular weight is 465 g/mol. The molecule has 6 heteroatoms. The molecule has 3 aromatic rings. The number of rotatable bonds is 9. The van der Waals surface area contributed by atoms with Gasteiger partial charge >= 0.3 is 0 Å². The zero-order valence-corrected chi connectivity index (χ0v) is 20.2. The van der Waals surface area contributed by atoms with Crippen LogP contribution in [0.25, 0.3) is 22.2 Å². The van der Waals surface area contributed by atoms with Crippen LogP contribution in [0.1, 0.15) is 45.1 Å². The fourth-order valence-electron chi connectivity index (χ4n) is 4.75. The van der Waals surface area contributed by atoms with Gasteiger partial charge in [0.2, 0.25) is 5.91 Å². The van der Waals surface area contributed by atoms with E-state index in [1.54, 1.807) is 13.2 Å². The maximum absolute atomic E-state index is 14.0. The van der Waals surface area contributed by atoms with E-state index in [1.807, 2.05) is 35.2 Å². The van der Waals surface area contributed by atoms with Crippen molar-refractivity contribution < 1.29 is 18.7 Å². The summed E-state index contributed by atoms with van der Waals surface area (Å²) in [6, 6.07) is 14.3. The van der Waals surface area contributed by atoms with Gasteiger partial charge < -0.3 is 14.4 Å². The number of carbonyl (C=O) groups excluding carboxylic acids is 1. The number of carbonyl (C=O) groups is 1. The second kappa shape index (κ2) is 11.0. The first-order valence-electron chi connectivity index (χ1n) is 12.2. The third-order valence-electron chi connectivity index (χ3n) is 6.68. The number of hydrogen-bond acceptors (Lipinski definition) is 4. The highest BCUT2D eigenvalue weighted by Gasteiger charge is 2.28. The van der Waals surface area contributed by atoms with E-state index < -0.39 is 0 Å². The summed E-state index contributed by atoms with van der Waals surface area (Å²) >= 11 is 0. The topological polar surface area (TPSA) is 51.7 Å². The molecule has 4 rings (SSSR count). The Hall–Kier alpha value is -2.99. The Morgan fingerprint density at radius 3 is 2.71 bits per heavy atom. The second-order valence-electron chi connectivity index (χ2n) is 8.90. The molecule has 0 N–H and O–H groups in total. The molecule has 0 radical (unpaired) electrons. The van der Waals surface area contributed by atoms with E-state index in [1.165, 1.54) is 12.1 Å². The van der Waals surface area contributed by atoms with Crippen LogP contribution < -0.4 is 4.74 Å². The molecule has 2 heterocycles. The van der Waals surface area contributed by atoms with Gasteiger partial charge in [-0.05, 0) is 61.6 Å². The number of ether oxygens (including phenoxy) is 2. The van der Waals surface area contributed by atoms with E-state index in [-0.39, 0.29) is 23.7 Å². The van der Waals surface area contributed by atoms with Crippen LogP contribution in [0.5, 0.6) is 5.75 Å². The van der Waals surface area contributed by atoms with Gasteiger partial charge in [0.25, 0.3) is 0 Å². The van der Waals surface area contributed by atoms with Crippen LogP contribution >= 0.6 is 0 Å². The smallest absolute Gasteiger partial charge is 0.226 e. The molecule has 0 unspecified atom stereocenters. The molecule has 1 amide bonds. The SMILES string of the molecule is CCC(CC)C(=O)N(Cc1cc2ccc(F)cc2nc1-c1ccccc1OC)C[C@@H]1CCCO1. The molecular formula is C28H33FN2O3. The Balaban J connectivity index is 1.80. The largest absolute Gasteiger partial charge is 0.496 e. The monoisotopic (exact) mass is 464 g/mol. The predicted molar refractivity (Wildman–Crippen MR) is 132 cm³/mol. The van der Waals surface area contributed by atoms with Crippen LogP contribution in [0, 0.1) is 11.7 Å². The lowest BCUT2D eigenvalue weighted by molar-refractivity contribution is -0.138. The Morgan fingerprint density at radius 1 is 1.21 bits per heavy atom. The quantitative estimate of drug-likeness (QED) is 0.390. The first-order valence-corrected chi connectivity index (χ1v) is 12.2. The van der Waals surface area contributed by atoms with Crippen molar-refractivity contribution in [2.75, 3.05) is 20.3 Å². The van der Waals surface area contributed by atoms with Crippen molar-refractivity contribution >= 4 is 16.8 Å². The number of hydrogen-bond donors (Lipinski definition) is 0. The van der Waals surface area contributed by atoms with Crippen LogP contribution in [-0.2, 0) is 16.1 Å². The molecule has 1 fully saturated rings. The van der Waals surface area contributed by atoms with E-state index in [2.05, 4.69) is 13.8 Å². The average Bonchev–Trinajstić information content (AvgIpc) is 3.37. The minimum atomic E-state index is -0.331. The summed E-state index contributed by atoms with van der Waals surface area (Å²) in [6.45, 7) is 5.82. The van der Waals surface area contributed by atoms with Crippen LogP contribution in [-0.4, -0.2) is 42.2 Å². The molecule has 0 spiro atoms. The molecule has 1 aromatic heterocycles. The maximum atomic E-state index is 14.0. The van der Waals surface area contributed by atoms with Gasteiger partial charge in [-0.25, -0.2) is 9.37 Å². The molecule has 1 aliphatic heterocycles. The van der Waals surface area contributed by atoms with Crippen molar-refractivity contribution in [1.82, 2.24) is 9.88 Å². The summed E-state index contributed by atoms with van der Waals surface area (Å²) < 4.78 is 25.5. The van der Waals surface area contributed by atoms with Gasteiger partial charge in [-0.1, -0.05) is 26.0 Å². The van der Waals surface area contributed by atoms with Gasteiger partial charge in [0.05, 0.1) is 24.4 Å². The van der Waals surface area contributed by atoms with Gasteiger partial charge in [-0.3, -0.25) is 4.79 Å². The normalized spacial score (nSPS) is 15.7. The minimum Gasteiger partial charge on any atom is -0.496 e. The number of aromatic nitrogens is 1. The molecule has 0 aliphatic carbocycles. The lowest BCUT2D eigenvalue weighted by atomic mass is 9.99. The first-order chi connectivity index (χ1) is 16.5.